The van der Waals surface area contributed by atoms with E-state index in [1.807, 2.05) is 37.3 Å². The molecule has 2 nitrogen and oxygen atoms in total. The first-order valence-corrected chi connectivity index (χ1v) is 5.67. The molecule has 18 heavy (non-hydrogen) atoms. The normalized spacial score (nSPS) is 9.83. The second kappa shape index (κ2) is 5.33. The second-order valence-corrected chi connectivity index (χ2v) is 3.80. The van der Waals surface area contributed by atoms with Gasteiger partial charge in [-0.2, -0.15) is 5.26 Å². The fourth-order valence-corrected chi connectivity index (χ4v) is 1.75. The molecular formula is C15H12FNO. The largest absolute Gasteiger partial charge is 0.494 e. The molecule has 0 aliphatic carbocycles. The molecule has 0 atom stereocenters. The van der Waals surface area contributed by atoms with E-state index in [4.69, 9.17) is 10.00 Å². The first-order valence-electron chi connectivity index (χ1n) is 5.67. The van der Waals surface area contributed by atoms with E-state index in [0.29, 0.717) is 17.7 Å². The number of nitriles is 1. The summed E-state index contributed by atoms with van der Waals surface area (Å²) in [6.07, 6.45) is 0. The molecule has 2 aromatic rings. The molecule has 0 aliphatic heterocycles. The van der Waals surface area contributed by atoms with Gasteiger partial charge in [-0.15, -0.1) is 0 Å². The Morgan fingerprint density at radius 3 is 2.72 bits per heavy atom. The van der Waals surface area contributed by atoms with Gasteiger partial charge in [0.2, 0.25) is 0 Å². The highest BCUT2D eigenvalue weighted by Crippen LogP contribution is 2.25. The first kappa shape index (κ1) is 12.1. The maximum absolute atomic E-state index is 13.4. The van der Waals surface area contributed by atoms with Gasteiger partial charge in [-0.1, -0.05) is 12.1 Å². The average molecular weight is 241 g/mol. The molecule has 0 unspecified atom stereocenters. The zero-order valence-corrected chi connectivity index (χ0v) is 9.98. The van der Waals surface area contributed by atoms with E-state index >= 15 is 0 Å². The molecule has 2 aromatic carbocycles. The third-order valence-electron chi connectivity index (χ3n) is 2.51. The van der Waals surface area contributed by atoms with E-state index in [1.54, 1.807) is 6.07 Å². The lowest BCUT2D eigenvalue weighted by molar-refractivity contribution is 0.340. The molecule has 0 aromatic heterocycles. The van der Waals surface area contributed by atoms with Crippen LogP contribution in [0.1, 0.15) is 12.5 Å². The number of rotatable bonds is 3. The van der Waals surface area contributed by atoms with Crippen LogP contribution in [-0.2, 0) is 0 Å². The molecule has 3 heteroatoms. The van der Waals surface area contributed by atoms with Gasteiger partial charge >= 0.3 is 0 Å². The van der Waals surface area contributed by atoms with Gasteiger partial charge < -0.3 is 4.74 Å². The van der Waals surface area contributed by atoms with Crippen LogP contribution in [0.25, 0.3) is 11.1 Å². The van der Waals surface area contributed by atoms with Crippen LogP contribution in [0, 0.1) is 17.1 Å². The Balaban J connectivity index is 2.45. The first-order chi connectivity index (χ1) is 8.72. The molecule has 0 aliphatic rings. The smallest absolute Gasteiger partial charge is 0.125 e. The molecule has 0 bridgehead atoms. The van der Waals surface area contributed by atoms with E-state index in [-0.39, 0.29) is 0 Å². The molecule has 0 radical (unpaired) electrons. The number of hydrogen-bond acceptors (Lipinski definition) is 2. The number of halogens is 1. The molecule has 0 heterocycles. The summed E-state index contributed by atoms with van der Waals surface area (Å²) in [7, 11) is 0. The maximum atomic E-state index is 13.4. The van der Waals surface area contributed by atoms with Crippen molar-refractivity contribution in [3.05, 3.63) is 53.8 Å². The SMILES string of the molecule is CCOc1cccc(-c2cc(F)cc(C#N)c2)c1. The summed E-state index contributed by atoms with van der Waals surface area (Å²) in [6, 6.07) is 13.6. The van der Waals surface area contributed by atoms with Crippen molar-refractivity contribution >= 4 is 0 Å². The van der Waals surface area contributed by atoms with Gasteiger partial charge in [-0.05, 0) is 48.4 Å². The van der Waals surface area contributed by atoms with E-state index < -0.39 is 5.82 Å². The van der Waals surface area contributed by atoms with Gasteiger partial charge in [0.1, 0.15) is 11.6 Å². The van der Waals surface area contributed by atoms with E-state index in [2.05, 4.69) is 0 Å². The van der Waals surface area contributed by atoms with Gasteiger partial charge in [0.05, 0.1) is 18.2 Å². The summed E-state index contributed by atoms with van der Waals surface area (Å²) in [4.78, 5) is 0. The molecule has 0 amide bonds. The van der Waals surface area contributed by atoms with Gasteiger partial charge in [0, 0.05) is 0 Å². The Kier molecular flexibility index (Phi) is 3.59. The monoisotopic (exact) mass is 241 g/mol. The van der Waals surface area contributed by atoms with Gasteiger partial charge in [0.15, 0.2) is 0 Å². The highest BCUT2D eigenvalue weighted by Gasteiger charge is 2.04. The molecule has 0 fully saturated rings. The summed E-state index contributed by atoms with van der Waals surface area (Å²) < 4.78 is 18.8. The third-order valence-corrected chi connectivity index (χ3v) is 2.51. The molecule has 0 saturated heterocycles. The lowest BCUT2D eigenvalue weighted by Crippen LogP contribution is -1.91. The summed E-state index contributed by atoms with van der Waals surface area (Å²) in [5.74, 6) is 0.323. The van der Waals surface area contributed by atoms with Crippen molar-refractivity contribution in [2.75, 3.05) is 6.61 Å². The topological polar surface area (TPSA) is 33.0 Å². The van der Waals surface area contributed by atoms with E-state index in [9.17, 15) is 4.39 Å². The number of ether oxygens (including phenoxy) is 1. The van der Waals surface area contributed by atoms with Crippen molar-refractivity contribution in [3.63, 3.8) is 0 Å². The summed E-state index contributed by atoms with van der Waals surface area (Å²) in [6.45, 7) is 2.48. The summed E-state index contributed by atoms with van der Waals surface area (Å²) in [5.41, 5.74) is 1.82. The predicted octanol–water partition coefficient (Wildman–Crippen LogP) is 3.76. The molecule has 2 rings (SSSR count). The van der Waals surface area contributed by atoms with Crippen LogP contribution in [0.3, 0.4) is 0 Å². The lowest BCUT2D eigenvalue weighted by atomic mass is 10.0. The fraction of sp³-hybridized carbons (Fsp3) is 0.133. The zero-order valence-electron chi connectivity index (χ0n) is 9.98. The van der Waals surface area contributed by atoms with Gasteiger partial charge in [0.25, 0.3) is 0 Å². The average Bonchev–Trinajstić information content (AvgIpc) is 2.39. The van der Waals surface area contributed by atoms with Crippen LogP contribution >= 0.6 is 0 Å². The second-order valence-electron chi connectivity index (χ2n) is 3.80. The van der Waals surface area contributed by atoms with Gasteiger partial charge in [-0.25, -0.2) is 4.39 Å². The molecule has 0 saturated carbocycles. The summed E-state index contributed by atoms with van der Waals surface area (Å²) in [5, 5.41) is 8.83. The van der Waals surface area contributed by atoms with Crippen LogP contribution in [0.5, 0.6) is 5.75 Å². The molecule has 90 valence electrons. The fourth-order valence-electron chi connectivity index (χ4n) is 1.75. The van der Waals surface area contributed by atoms with Crippen LogP contribution in [0.2, 0.25) is 0 Å². The predicted molar refractivity (Wildman–Crippen MR) is 67.7 cm³/mol. The Labute approximate surface area is 105 Å². The standard InChI is InChI=1S/C15H12FNO/c1-2-18-15-5-3-4-12(9-15)13-6-11(10-17)7-14(16)8-13/h3-9H,2H2,1H3. The van der Waals surface area contributed by atoms with Crippen molar-refractivity contribution < 1.29 is 9.13 Å². The zero-order chi connectivity index (χ0) is 13.0. The maximum Gasteiger partial charge on any atom is 0.125 e. The molecule has 0 N–H and O–H groups in total. The Morgan fingerprint density at radius 2 is 2.00 bits per heavy atom. The molecular weight excluding hydrogens is 229 g/mol. The Hall–Kier alpha value is -2.34. The minimum Gasteiger partial charge on any atom is -0.494 e. The number of nitrogens with zero attached hydrogens (tertiary/aromatic N) is 1. The minimum atomic E-state index is -0.411. The number of benzene rings is 2. The Bertz CT molecular complexity index is 602. The van der Waals surface area contributed by atoms with Crippen molar-refractivity contribution in [1.29, 1.82) is 5.26 Å². The van der Waals surface area contributed by atoms with Gasteiger partial charge in [-0.3, -0.25) is 0 Å². The lowest BCUT2D eigenvalue weighted by Gasteiger charge is -2.06. The number of hydrogen-bond donors (Lipinski definition) is 0. The van der Waals surface area contributed by atoms with Crippen LogP contribution < -0.4 is 4.74 Å². The minimum absolute atomic E-state index is 0.312. The van der Waals surface area contributed by atoms with Crippen LogP contribution in [0.15, 0.2) is 42.5 Å². The third kappa shape index (κ3) is 2.67. The summed E-state index contributed by atoms with van der Waals surface area (Å²) >= 11 is 0. The van der Waals surface area contributed by atoms with E-state index in [0.717, 1.165) is 11.3 Å². The highest BCUT2D eigenvalue weighted by atomic mass is 19.1. The quantitative estimate of drug-likeness (QED) is 0.819. The Morgan fingerprint density at radius 1 is 1.17 bits per heavy atom. The van der Waals surface area contributed by atoms with Crippen molar-refractivity contribution in [3.8, 4) is 22.9 Å². The van der Waals surface area contributed by atoms with Crippen molar-refractivity contribution in [2.24, 2.45) is 0 Å². The van der Waals surface area contributed by atoms with Crippen molar-refractivity contribution in [1.82, 2.24) is 0 Å². The van der Waals surface area contributed by atoms with Crippen LogP contribution in [-0.4, -0.2) is 6.61 Å². The molecule has 0 spiro atoms. The van der Waals surface area contributed by atoms with Crippen LogP contribution in [0.4, 0.5) is 4.39 Å². The highest BCUT2D eigenvalue weighted by molar-refractivity contribution is 5.66. The van der Waals surface area contributed by atoms with E-state index in [1.165, 1.54) is 12.1 Å². The van der Waals surface area contributed by atoms with Crippen molar-refractivity contribution in [2.45, 2.75) is 6.92 Å².